The fourth-order valence-electron chi connectivity index (χ4n) is 3.18. The summed E-state index contributed by atoms with van der Waals surface area (Å²) in [5, 5.41) is 10.1. The Kier molecular flexibility index (Phi) is 3.09. The molecule has 0 spiro atoms. The van der Waals surface area contributed by atoms with E-state index < -0.39 is 5.60 Å². The van der Waals surface area contributed by atoms with Crippen molar-refractivity contribution < 1.29 is 9.90 Å². The van der Waals surface area contributed by atoms with Gasteiger partial charge in [-0.15, -0.1) is 0 Å². The van der Waals surface area contributed by atoms with Crippen LogP contribution >= 0.6 is 0 Å². The zero-order valence-corrected chi connectivity index (χ0v) is 11.4. The summed E-state index contributed by atoms with van der Waals surface area (Å²) in [5.74, 6) is 0.755. The summed E-state index contributed by atoms with van der Waals surface area (Å²) >= 11 is 0. The molecule has 102 valence electrons. The molecule has 1 saturated heterocycles. The number of β-amino-alcohol motifs (C(OH)–C–C–N with tert-alkyl or cyclic N) is 1. The smallest absolute Gasteiger partial charge is 0.226 e. The highest BCUT2D eigenvalue weighted by Gasteiger charge is 2.46. The molecule has 1 amide bonds. The molecule has 19 heavy (non-hydrogen) atoms. The van der Waals surface area contributed by atoms with Gasteiger partial charge in [0.2, 0.25) is 5.91 Å². The van der Waals surface area contributed by atoms with Crippen molar-refractivity contribution >= 4 is 5.91 Å². The Balaban J connectivity index is 1.64. The minimum atomic E-state index is -0.703. The molecule has 1 saturated carbocycles. The number of rotatable bonds is 2. The van der Waals surface area contributed by atoms with Gasteiger partial charge in [-0.05, 0) is 37.7 Å². The van der Waals surface area contributed by atoms with Crippen LogP contribution in [0.4, 0.5) is 0 Å². The van der Waals surface area contributed by atoms with E-state index >= 15 is 0 Å². The largest absolute Gasteiger partial charge is 0.388 e. The molecule has 3 atom stereocenters. The van der Waals surface area contributed by atoms with Crippen LogP contribution in [0.25, 0.3) is 0 Å². The van der Waals surface area contributed by atoms with Gasteiger partial charge in [-0.3, -0.25) is 4.79 Å². The van der Waals surface area contributed by atoms with E-state index in [1.54, 1.807) is 0 Å². The first-order chi connectivity index (χ1) is 9.07. The van der Waals surface area contributed by atoms with Gasteiger partial charge in [-0.2, -0.15) is 0 Å². The Morgan fingerprint density at radius 3 is 2.79 bits per heavy atom. The first kappa shape index (κ1) is 12.7. The maximum Gasteiger partial charge on any atom is 0.226 e. The maximum absolute atomic E-state index is 12.4. The zero-order valence-electron chi connectivity index (χ0n) is 11.4. The van der Waals surface area contributed by atoms with Gasteiger partial charge < -0.3 is 10.0 Å². The molecule has 1 heterocycles. The van der Waals surface area contributed by atoms with Crippen molar-refractivity contribution in [3.63, 3.8) is 0 Å². The van der Waals surface area contributed by atoms with Gasteiger partial charge in [0.25, 0.3) is 0 Å². The number of nitrogens with zero attached hydrogens (tertiary/aromatic N) is 1. The number of piperidine rings is 1. The number of likely N-dealkylation sites (tertiary alicyclic amines) is 1. The fraction of sp³-hybridized carbons (Fsp3) is 0.562. The Hall–Kier alpha value is -1.35. The summed E-state index contributed by atoms with van der Waals surface area (Å²) in [4.78, 5) is 14.3. The lowest BCUT2D eigenvalue weighted by Gasteiger charge is -2.37. The molecule has 2 fully saturated rings. The molecule has 0 radical (unpaired) electrons. The number of amides is 1. The Bertz CT molecular complexity index is 469. The van der Waals surface area contributed by atoms with Crippen molar-refractivity contribution in [3.05, 3.63) is 35.9 Å². The van der Waals surface area contributed by atoms with Crippen LogP contribution in [0, 0.1) is 5.92 Å². The van der Waals surface area contributed by atoms with Crippen molar-refractivity contribution in [2.75, 3.05) is 13.1 Å². The van der Waals surface area contributed by atoms with Crippen LogP contribution in [-0.2, 0) is 4.79 Å². The van der Waals surface area contributed by atoms with Crippen molar-refractivity contribution in [2.24, 2.45) is 5.92 Å². The van der Waals surface area contributed by atoms with E-state index in [1.807, 2.05) is 30.0 Å². The Morgan fingerprint density at radius 2 is 2.11 bits per heavy atom. The zero-order chi connectivity index (χ0) is 13.5. The summed E-state index contributed by atoms with van der Waals surface area (Å²) in [6.45, 7) is 3.12. The second kappa shape index (κ2) is 4.64. The fourth-order valence-corrected chi connectivity index (χ4v) is 3.18. The molecule has 3 unspecified atom stereocenters. The lowest BCUT2D eigenvalue weighted by atomic mass is 9.94. The number of aliphatic hydroxyl groups is 1. The Labute approximate surface area is 114 Å². The lowest BCUT2D eigenvalue weighted by Crippen LogP contribution is -2.49. The minimum absolute atomic E-state index is 0.135. The van der Waals surface area contributed by atoms with Crippen LogP contribution in [0.15, 0.2) is 30.3 Å². The van der Waals surface area contributed by atoms with Gasteiger partial charge in [0, 0.05) is 19.0 Å². The van der Waals surface area contributed by atoms with E-state index in [2.05, 4.69) is 12.1 Å². The lowest BCUT2D eigenvalue weighted by molar-refractivity contribution is -0.139. The predicted molar refractivity (Wildman–Crippen MR) is 73.7 cm³/mol. The third-order valence-electron chi connectivity index (χ3n) is 4.32. The second-order valence-corrected chi connectivity index (χ2v) is 6.22. The van der Waals surface area contributed by atoms with Gasteiger partial charge in [0.1, 0.15) is 0 Å². The molecular formula is C16H21NO2. The minimum Gasteiger partial charge on any atom is -0.388 e. The summed E-state index contributed by atoms with van der Waals surface area (Å²) < 4.78 is 0. The van der Waals surface area contributed by atoms with Crippen molar-refractivity contribution in [2.45, 2.75) is 37.7 Å². The topological polar surface area (TPSA) is 40.5 Å². The maximum atomic E-state index is 12.4. The normalized spacial score (nSPS) is 34.1. The molecule has 1 N–H and O–H groups in total. The van der Waals surface area contributed by atoms with Crippen LogP contribution in [0.3, 0.4) is 0 Å². The van der Waals surface area contributed by atoms with Crippen molar-refractivity contribution in [1.82, 2.24) is 4.90 Å². The summed E-state index contributed by atoms with van der Waals surface area (Å²) in [5.41, 5.74) is 0.565. The van der Waals surface area contributed by atoms with Gasteiger partial charge in [0.15, 0.2) is 0 Å². The molecule has 1 aromatic carbocycles. The molecule has 1 aliphatic carbocycles. The summed E-state index contributed by atoms with van der Waals surface area (Å²) in [6, 6.07) is 10.3. The monoisotopic (exact) mass is 259 g/mol. The van der Waals surface area contributed by atoms with Crippen molar-refractivity contribution in [1.29, 1.82) is 0 Å². The summed E-state index contributed by atoms with van der Waals surface area (Å²) in [7, 11) is 0. The van der Waals surface area contributed by atoms with Crippen LogP contribution in [0.5, 0.6) is 0 Å². The first-order valence-corrected chi connectivity index (χ1v) is 7.13. The number of carbonyl (C=O) groups is 1. The molecule has 2 aliphatic rings. The van der Waals surface area contributed by atoms with Crippen LogP contribution in [0.2, 0.25) is 0 Å². The van der Waals surface area contributed by atoms with E-state index in [0.717, 1.165) is 25.8 Å². The molecule has 0 bridgehead atoms. The van der Waals surface area contributed by atoms with Gasteiger partial charge in [-0.25, -0.2) is 0 Å². The highest BCUT2D eigenvalue weighted by atomic mass is 16.3. The highest BCUT2D eigenvalue weighted by molar-refractivity contribution is 5.83. The van der Waals surface area contributed by atoms with Gasteiger partial charge >= 0.3 is 0 Å². The van der Waals surface area contributed by atoms with Crippen LogP contribution in [0.1, 0.15) is 37.7 Å². The molecule has 3 nitrogen and oxygen atoms in total. The van der Waals surface area contributed by atoms with E-state index in [-0.39, 0.29) is 11.8 Å². The molecule has 3 rings (SSSR count). The average molecular weight is 259 g/mol. The molecule has 3 heteroatoms. The quantitative estimate of drug-likeness (QED) is 0.884. The van der Waals surface area contributed by atoms with Crippen LogP contribution in [-0.4, -0.2) is 34.6 Å². The van der Waals surface area contributed by atoms with Crippen LogP contribution < -0.4 is 0 Å². The first-order valence-electron chi connectivity index (χ1n) is 7.13. The highest BCUT2D eigenvalue weighted by Crippen LogP contribution is 2.48. The average Bonchev–Trinajstić information content (AvgIpc) is 3.18. The number of benzene rings is 1. The molecule has 0 aromatic heterocycles. The summed E-state index contributed by atoms with van der Waals surface area (Å²) in [6.07, 6.45) is 2.66. The van der Waals surface area contributed by atoms with E-state index in [9.17, 15) is 9.90 Å². The number of hydrogen-bond donors (Lipinski definition) is 1. The predicted octanol–water partition coefficient (Wildman–Crippen LogP) is 2.16. The van der Waals surface area contributed by atoms with E-state index in [0.29, 0.717) is 12.5 Å². The third-order valence-corrected chi connectivity index (χ3v) is 4.32. The molecule has 1 aromatic rings. The van der Waals surface area contributed by atoms with Gasteiger partial charge in [0.05, 0.1) is 5.60 Å². The number of hydrogen-bond acceptors (Lipinski definition) is 2. The second-order valence-electron chi connectivity index (χ2n) is 6.22. The van der Waals surface area contributed by atoms with E-state index in [1.165, 1.54) is 5.56 Å². The Morgan fingerprint density at radius 1 is 1.37 bits per heavy atom. The van der Waals surface area contributed by atoms with Crippen molar-refractivity contribution in [3.8, 4) is 0 Å². The standard InChI is InChI=1S/C16H21NO2/c1-16(19)8-5-9-17(11-16)15(18)14-10-13(14)12-6-3-2-4-7-12/h2-4,6-7,13-14,19H,5,8-11H2,1H3. The molecular weight excluding hydrogens is 238 g/mol. The third kappa shape index (κ3) is 2.66. The van der Waals surface area contributed by atoms with Gasteiger partial charge in [-0.1, -0.05) is 30.3 Å². The SMILES string of the molecule is CC1(O)CCCN(C(=O)C2CC2c2ccccc2)C1. The number of carbonyl (C=O) groups excluding carboxylic acids is 1. The molecule has 1 aliphatic heterocycles. The van der Waals surface area contributed by atoms with E-state index in [4.69, 9.17) is 0 Å².